The summed E-state index contributed by atoms with van der Waals surface area (Å²) >= 11 is 0. The van der Waals surface area contributed by atoms with Crippen LogP contribution in [0.2, 0.25) is 0 Å². The van der Waals surface area contributed by atoms with Crippen LogP contribution in [0.3, 0.4) is 0 Å². The predicted molar refractivity (Wildman–Crippen MR) is 28.2 cm³/mol. The average molecular weight is 125 g/mol. The van der Waals surface area contributed by atoms with Crippen LogP contribution in [-0.4, -0.2) is 45.4 Å². The summed E-state index contributed by atoms with van der Waals surface area (Å²) in [6.07, 6.45) is 0. The molecule has 3 N–H and O–H groups in total. The third-order valence-electron chi connectivity index (χ3n) is 0. The number of hydrogen-bond donors (Lipinski definition) is 3. The summed E-state index contributed by atoms with van der Waals surface area (Å²) in [6, 6.07) is 0. The Bertz CT molecular complexity index is 15.5. The summed E-state index contributed by atoms with van der Waals surface area (Å²) in [6.45, 7) is 0. The molecule has 0 aromatic rings. The Balaban J connectivity index is -0.0000000450. The van der Waals surface area contributed by atoms with Gasteiger partial charge in [-0.3, -0.25) is 0 Å². The summed E-state index contributed by atoms with van der Waals surface area (Å²) in [5, 5.41) is 21.5. The molecule has 0 aliphatic heterocycles. The number of halogens is 1. The molecule has 0 atom stereocenters. The zero-order valence-electron chi connectivity index (χ0n) is 2.33. The van der Waals surface area contributed by atoms with Crippen molar-refractivity contribution < 1.29 is 15.1 Å². The predicted octanol–water partition coefficient (Wildman–Crippen LogP) is -2.55. The molecule has 6 heteroatoms. The highest BCUT2D eigenvalue weighted by atomic mass is 35.5. The molecule has 0 amide bonds. The molecule has 36 valence electrons. The fourth-order valence-electron chi connectivity index (χ4n) is 0. The smallest absolute Gasteiger partial charge is 0.402 e. The zero-order chi connectivity index (χ0) is 3.58. The first kappa shape index (κ1) is 15.7. The molecule has 0 saturated carbocycles. The first-order chi connectivity index (χ1) is 1.73. The highest BCUT2D eigenvalue weighted by Gasteiger charge is 1.92. The third-order valence-corrected chi connectivity index (χ3v) is 0. The van der Waals surface area contributed by atoms with E-state index >= 15 is 0 Å². The van der Waals surface area contributed by atoms with Crippen LogP contribution in [0.1, 0.15) is 0 Å². The topological polar surface area (TPSA) is 60.7 Å². The zero-order valence-corrected chi connectivity index (χ0v) is 3.14. The Kier molecular flexibility index (Phi) is 24.6. The molecule has 0 heterocycles. The molecule has 0 saturated heterocycles. The van der Waals surface area contributed by atoms with E-state index in [0.717, 1.165) is 0 Å². The van der Waals surface area contributed by atoms with Gasteiger partial charge < -0.3 is 15.1 Å². The van der Waals surface area contributed by atoms with Crippen molar-refractivity contribution in [3.63, 3.8) is 0 Å². The quantitative estimate of drug-likeness (QED) is 0.312. The van der Waals surface area contributed by atoms with E-state index in [9.17, 15) is 0 Å². The molecule has 6 heavy (non-hydrogen) atoms. The first-order valence-corrected chi connectivity index (χ1v) is 0.775. The Morgan fingerprint density at radius 3 is 1.00 bits per heavy atom. The van der Waals surface area contributed by atoms with Gasteiger partial charge in [0.25, 0.3) is 0 Å². The average Bonchev–Trinajstić information content (AvgIpc) is 0.811. The van der Waals surface area contributed by atoms with Crippen molar-refractivity contribution in [2.45, 2.75) is 0 Å². The minimum absolute atomic E-state index is 0. The summed E-state index contributed by atoms with van der Waals surface area (Å²) in [7, 11) is -2.17. The molecular formula is H6BClMgO3. The molecule has 0 aromatic heterocycles. The number of rotatable bonds is 0. The molecule has 0 aromatic carbocycles. The van der Waals surface area contributed by atoms with Crippen molar-refractivity contribution >= 4 is 42.8 Å². The van der Waals surface area contributed by atoms with Crippen LogP contribution in [0.25, 0.3) is 0 Å². The first-order valence-electron chi connectivity index (χ1n) is 0.775. The van der Waals surface area contributed by atoms with Crippen LogP contribution in [0.4, 0.5) is 0 Å². The van der Waals surface area contributed by atoms with E-state index in [1.807, 2.05) is 0 Å². The molecular weight excluding hydrogens is 119 g/mol. The summed E-state index contributed by atoms with van der Waals surface area (Å²) in [4.78, 5) is 0. The van der Waals surface area contributed by atoms with Gasteiger partial charge in [-0.25, -0.2) is 0 Å². The fraction of sp³-hybridized carbons (Fsp3) is 0. The SMILES string of the molecule is Cl.OB(O)O.[MgH2]. The van der Waals surface area contributed by atoms with Gasteiger partial charge >= 0.3 is 30.4 Å². The van der Waals surface area contributed by atoms with Gasteiger partial charge in [0.15, 0.2) is 0 Å². The van der Waals surface area contributed by atoms with Gasteiger partial charge in [-0.15, -0.1) is 12.4 Å². The van der Waals surface area contributed by atoms with Crippen LogP contribution in [0.15, 0.2) is 0 Å². The van der Waals surface area contributed by atoms with Gasteiger partial charge in [0.1, 0.15) is 0 Å². The molecule has 0 spiro atoms. The number of hydrogen-bond acceptors (Lipinski definition) is 3. The van der Waals surface area contributed by atoms with Crippen molar-refractivity contribution in [3.05, 3.63) is 0 Å². The second-order valence-corrected chi connectivity index (χ2v) is 0.346. The Hall–Kier alpha value is 1.00. The van der Waals surface area contributed by atoms with Gasteiger partial charge in [0.2, 0.25) is 0 Å². The Morgan fingerprint density at radius 2 is 1.00 bits per heavy atom. The lowest BCUT2D eigenvalue weighted by Crippen LogP contribution is -2.07. The largest absolute Gasteiger partial charge is 0.631 e. The monoisotopic (exact) mass is 124 g/mol. The lowest BCUT2D eigenvalue weighted by Gasteiger charge is -1.69. The van der Waals surface area contributed by atoms with Crippen molar-refractivity contribution in [3.8, 4) is 0 Å². The molecule has 0 aliphatic carbocycles. The van der Waals surface area contributed by atoms with Crippen molar-refractivity contribution in [1.82, 2.24) is 0 Å². The standard InChI is InChI=1S/BH3O3.ClH.Mg.2H/c2-1(3)4;;;;/h2-4H;1H;;;. The van der Waals surface area contributed by atoms with E-state index in [0.29, 0.717) is 0 Å². The van der Waals surface area contributed by atoms with E-state index in [-0.39, 0.29) is 35.5 Å². The van der Waals surface area contributed by atoms with Crippen molar-refractivity contribution in [2.24, 2.45) is 0 Å². The van der Waals surface area contributed by atoms with Crippen LogP contribution < -0.4 is 0 Å². The lowest BCUT2D eigenvalue weighted by molar-refractivity contribution is 0.278. The van der Waals surface area contributed by atoms with Crippen LogP contribution in [-0.2, 0) is 0 Å². The van der Waals surface area contributed by atoms with Crippen LogP contribution in [0, 0.1) is 0 Å². The maximum absolute atomic E-state index is 7.17. The molecule has 0 aliphatic rings. The minimum Gasteiger partial charge on any atom is -0.402 e. The van der Waals surface area contributed by atoms with Gasteiger partial charge in [-0.1, -0.05) is 0 Å². The van der Waals surface area contributed by atoms with Crippen LogP contribution in [0.5, 0.6) is 0 Å². The van der Waals surface area contributed by atoms with E-state index in [4.69, 9.17) is 15.1 Å². The molecule has 0 unspecified atom stereocenters. The summed E-state index contributed by atoms with van der Waals surface area (Å²) < 4.78 is 0. The molecule has 0 bridgehead atoms. The van der Waals surface area contributed by atoms with Gasteiger partial charge in [-0.05, 0) is 0 Å². The molecule has 0 rings (SSSR count). The minimum atomic E-state index is -2.17. The lowest BCUT2D eigenvalue weighted by atomic mass is 10.3. The third kappa shape index (κ3) is 79.9. The van der Waals surface area contributed by atoms with E-state index in [1.54, 1.807) is 0 Å². The Morgan fingerprint density at radius 1 is 1.00 bits per heavy atom. The van der Waals surface area contributed by atoms with Gasteiger partial charge in [0.05, 0.1) is 0 Å². The maximum atomic E-state index is 7.17. The second kappa shape index (κ2) is 9.38. The van der Waals surface area contributed by atoms with Gasteiger partial charge in [-0.2, -0.15) is 0 Å². The highest BCUT2D eigenvalue weighted by molar-refractivity contribution is 6.30. The molecule has 3 nitrogen and oxygen atoms in total. The maximum Gasteiger partial charge on any atom is 0.631 e. The summed E-state index contributed by atoms with van der Waals surface area (Å²) in [5.41, 5.74) is 0. The van der Waals surface area contributed by atoms with Crippen molar-refractivity contribution in [2.75, 3.05) is 0 Å². The highest BCUT2D eigenvalue weighted by Crippen LogP contribution is 1.40. The summed E-state index contributed by atoms with van der Waals surface area (Å²) in [5.74, 6) is 0. The normalized spacial score (nSPS) is 4.50. The van der Waals surface area contributed by atoms with Crippen molar-refractivity contribution in [1.29, 1.82) is 0 Å². The van der Waals surface area contributed by atoms with Gasteiger partial charge in [0, 0.05) is 0 Å². The van der Waals surface area contributed by atoms with E-state index in [1.165, 1.54) is 0 Å². The van der Waals surface area contributed by atoms with E-state index in [2.05, 4.69) is 0 Å². The molecule has 0 radical (unpaired) electrons. The second-order valence-electron chi connectivity index (χ2n) is 0.346. The van der Waals surface area contributed by atoms with E-state index < -0.39 is 7.32 Å². The fourth-order valence-corrected chi connectivity index (χ4v) is 0. The molecule has 0 fully saturated rings. The Labute approximate surface area is 58.1 Å². The van der Waals surface area contributed by atoms with Crippen LogP contribution >= 0.6 is 12.4 Å².